The second kappa shape index (κ2) is 4.08. The zero-order valence-electron chi connectivity index (χ0n) is 11.9. The molecule has 19 heavy (non-hydrogen) atoms. The second-order valence-corrected chi connectivity index (χ2v) is 6.77. The van der Waals surface area contributed by atoms with Gasteiger partial charge in [-0.25, -0.2) is 0 Å². The first-order valence-electron chi connectivity index (χ1n) is 7.12. The van der Waals surface area contributed by atoms with Crippen LogP contribution in [0.15, 0.2) is 24.3 Å². The van der Waals surface area contributed by atoms with E-state index in [0.717, 1.165) is 12.2 Å². The lowest BCUT2D eigenvalue weighted by molar-refractivity contribution is 0.00724. The Hall–Kier alpha value is -1.33. The smallest absolute Gasteiger partial charge is 0.0991 e. The number of ether oxygens (including phenoxy) is 1. The summed E-state index contributed by atoms with van der Waals surface area (Å²) in [5.41, 5.74) is 2.33. The molecule has 0 radical (unpaired) electrons. The van der Waals surface area contributed by atoms with Gasteiger partial charge >= 0.3 is 0 Å². The van der Waals surface area contributed by atoms with Crippen LogP contribution in [-0.4, -0.2) is 12.2 Å². The molecular weight excluding hydrogens is 234 g/mol. The van der Waals surface area contributed by atoms with Crippen LogP contribution in [0.5, 0.6) is 0 Å². The maximum Gasteiger partial charge on any atom is 0.0991 e. The third-order valence-corrected chi connectivity index (χ3v) is 5.48. The van der Waals surface area contributed by atoms with Gasteiger partial charge < -0.3 is 4.74 Å². The van der Waals surface area contributed by atoms with E-state index in [-0.39, 0.29) is 11.0 Å². The van der Waals surface area contributed by atoms with Crippen LogP contribution in [0.3, 0.4) is 0 Å². The highest BCUT2D eigenvalue weighted by atomic mass is 16.5. The first-order valence-corrected chi connectivity index (χ1v) is 7.12. The van der Waals surface area contributed by atoms with Crippen LogP contribution in [0.1, 0.15) is 44.7 Å². The molecule has 0 spiro atoms. The van der Waals surface area contributed by atoms with E-state index in [1.54, 1.807) is 0 Å². The highest BCUT2D eigenvalue weighted by Gasteiger charge is 2.55. The Balaban J connectivity index is 1.94. The molecule has 1 saturated carbocycles. The fourth-order valence-corrected chi connectivity index (χ4v) is 4.11. The van der Waals surface area contributed by atoms with E-state index in [4.69, 9.17) is 10.00 Å². The largest absolute Gasteiger partial charge is 0.375 e. The minimum absolute atomic E-state index is 0.0228. The van der Waals surface area contributed by atoms with Crippen molar-refractivity contribution in [3.63, 3.8) is 0 Å². The molecule has 1 saturated heterocycles. The number of hydrogen-bond donors (Lipinski definition) is 0. The number of hydrogen-bond acceptors (Lipinski definition) is 2. The first-order chi connectivity index (χ1) is 8.97. The summed E-state index contributed by atoms with van der Waals surface area (Å²) < 4.78 is 6.02. The highest BCUT2D eigenvalue weighted by molar-refractivity contribution is 5.36. The molecule has 1 aliphatic carbocycles. The molecule has 2 aliphatic rings. The van der Waals surface area contributed by atoms with Crippen molar-refractivity contribution >= 4 is 0 Å². The van der Waals surface area contributed by atoms with Crippen LogP contribution >= 0.6 is 0 Å². The first kappa shape index (κ1) is 12.7. The Bertz CT molecular complexity index is 525. The van der Waals surface area contributed by atoms with Crippen molar-refractivity contribution in [1.82, 2.24) is 0 Å². The van der Waals surface area contributed by atoms with Crippen LogP contribution in [0, 0.1) is 23.2 Å². The lowest BCUT2D eigenvalue weighted by Gasteiger charge is -2.31. The molecule has 0 aromatic heterocycles. The SMILES string of the molecule is CC1(C)OC[C@H]2[C@H]1CC[C@@]2(C)c1ccc(C#N)cc1. The van der Waals surface area contributed by atoms with Crippen molar-refractivity contribution in [3.05, 3.63) is 35.4 Å². The van der Waals surface area contributed by atoms with Gasteiger partial charge in [-0.3, -0.25) is 0 Å². The van der Waals surface area contributed by atoms with Gasteiger partial charge in [0.15, 0.2) is 0 Å². The van der Waals surface area contributed by atoms with Gasteiger partial charge in [-0.05, 0) is 61.6 Å². The summed E-state index contributed by atoms with van der Waals surface area (Å²) in [6.45, 7) is 7.68. The van der Waals surface area contributed by atoms with Gasteiger partial charge in [-0.2, -0.15) is 5.26 Å². The Morgan fingerprint density at radius 1 is 1.16 bits per heavy atom. The molecule has 1 aliphatic heterocycles. The summed E-state index contributed by atoms with van der Waals surface area (Å²) >= 11 is 0. The molecule has 0 amide bonds. The van der Waals surface area contributed by atoms with Gasteiger partial charge in [0.1, 0.15) is 0 Å². The quantitative estimate of drug-likeness (QED) is 0.767. The summed E-state index contributed by atoms with van der Waals surface area (Å²) in [5.74, 6) is 1.27. The van der Waals surface area contributed by atoms with Crippen molar-refractivity contribution in [2.45, 2.75) is 44.6 Å². The highest BCUT2D eigenvalue weighted by Crippen LogP contribution is 2.56. The van der Waals surface area contributed by atoms with Gasteiger partial charge in [0.25, 0.3) is 0 Å². The molecule has 0 bridgehead atoms. The molecular formula is C17H21NO. The van der Waals surface area contributed by atoms with E-state index >= 15 is 0 Å². The summed E-state index contributed by atoms with van der Waals surface area (Å²) in [6, 6.07) is 10.3. The zero-order chi connectivity index (χ0) is 13.7. The van der Waals surface area contributed by atoms with E-state index in [0.29, 0.717) is 11.8 Å². The van der Waals surface area contributed by atoms with E-state index in [1.807, 2.05) is 12.1 Å². The minimum Gasteiger partial charge on any atom is -0.375 e. The Labute approximate surface area is 115 Å². The van der Waals surface area contributed by atoms with Crippen molar-refractivity contribution in [2.24, 2.45) is 11.8 Å². The van der Waals surface area contributed by atoms with Gasteiger partial charge in [-0.15, -0.1) is 0 Å². The number of benzene rings is 1. The van der Waals surface area contributed by atoms with Crippen LogP contribution in [0.2, 0.25) is 0 Å². The third kappa shape index (κ3) is 1.80. The van der Waals surface area contributed by atoms with Crippen LogP contribution in [0.4, 0.5) is 0 Å². The van der Waals surface area contributed by atoms with E-state index in [9.17, 15) is 0 Å². The Kier molecular flexibility index (Phi) is 2.73. The summed E-state index contributed by atoms with van der Waals surface area (Å²) in [5, 5.41) is 8.91. The Morgan fingerprint density at radius 2 is 1.84 bits per heavy atom. The molecule has 100 valence electrons. The minimum atomic E-state index is 0.0228. The summed E-state index contributed by atoms with van der Waals surface area (Å²) in [6.07, 6.45) is 2.47. The van der Waals surface area contributed by atoms with E-state index < -0.39 is 0 Å². The van der Waals surface area contributed by atoms with Crippen molar-refractivity contribution in [1.29, 1.82) is 5.26 Å². The molecule has 1 aromatic rings. The number of nitriles is 1. The fraction of sp³-hybridized carbons (Fsp3) is 0.588. The summed E-state index contributed by atoms with van der Waals surface area (Å²) in [7, 11) is 0. The normalized spacial score (nSPS) is 35.9. The Morgan fingerprint density at radius 3 is 2.47 bits per heavy atom. The monoisotopic (exact) mass is 255 g/mol. The number of rotatable bonds is 1. The molecule has 2 heteroatoms. The van der Waals surface area contributed by atoms with E-state index in [1.165, 1.54) is 18.4 Å². The summed E-state index contributed by atoms with van der Waals surface area (Å²) in [4.78, 5) is 0. The lowest BCUT2D eigenvalue weighted by Crippen LogP contribution is -2.32. The van der Waals surface area contributed by atoms with Gasteiger partial charge in [0, 0.05) is 0 Å². The van der Waals surface area contributed by atoms with Crippen molar-refractivity contribution < 1.29 is 4.74 Å². The second-order valence-electron chi connectivity index (χ2n) is 6.77. The standard InChI is InChI=1S/C17H21NO/c1-16(2)14-8-9-17(3,15(14)11-19-16)13-6-4-12(10-18)5-7-13/h4-7,14-15H,8-9,11H2,1-3H3/t14-,15+,17+/m1/s1. The topological polar surface area (TPSA) is 33.0 Å². The van der Waals surface area contributed by atoms with Crippen LogP contribution in [-0.2, 0) is 10.2 Å². The molecule has 2 nitrogen and oxygen atoms in total. The average Bonchev–Trinajstić information content (AvgIpc) is 2.90. The lowest BCUT2D eigenvalue weighted by atomic mass is 9.71. The average molecular weight is 255 g/mol. The molecule has 1 heterocycles. The molecule has 2 fully saturated rings. The molecule has 3 atom stereocenters. The third-order valence-electron chi connectivity index (χ3n) is 5.48. The van der Waals surface area contributed by atoms with Crippen molar-refractivity contribution in [3.8, 4) is 6.07 Å². The molecule has 1 aromatic carbocycles. The molecule has 0 unspecified atom stereocenters. The van der Waals surface area contributed by atoms with Crippen molar-refractivity contribution in [2.75, 3.05) is 6.61 Å². The van der Waals surface area contributed by atoms with Gasteiger partial charge in [0.2, 0.25) is 0 Å². The maximum atomic E-state index is 8.91. The number of fused-ring (bicyclic) bond motifs is 1. The predicted octanol–water partition coefficient (Wildman–Crippen LogP) is 3.65. The predicted molar refractivity (Wildman–Crippen MR) is 74.8 cm³/mol. The molecule has 3 rings (SSSR count). The van der Waals surface area contributed by atoms with E-state index in [2.05, 4.69) is 39.0 Å². The fourth-order valence-electron chi connectivity index (χ4n) is 4.11. The maximum absolute atomic E-state index is 8.91. The van der Waals surface area contributed by atoms with Crippen LogP contribution in [0.25, 0.3) is 0 Å². The molecule has 0 N–H and O–H groups in total. The van der Waals surface area contributed by atoms with Gasteiger partial charge in [0.05, 0.1) is 23.8 Å². The zero-order valence-corrected chi connectivity index (χ0v) is 11.9. The van der Waals surface area contributed by atoms with Gasteiger partial charge in [-0.1, -0.05) is 19.1 Å². The number of nitrogens with zero attached hydrogens (tertiary/aromatic N) is 1. The van der Waals surface area contributed by atoms with Crippen LogP contribution < -0.4 is 0 Å².